The predicted octanol–water partition coefficient (Wildman–Crippen LogP) is 18.3. The summed E-state index contributed by atoms with van der Waals surface area (Å²) >= 11 is 0. The molecule has 0 atom stereocenters. The van der Waals surface area contributed by atoms with E-state index in [0.29, 0.717) is 0 Å². The minimum Gasteiger partial charge on any atom is -0.455 e. The number of furan rings is 2. The molecule has 0 amide bonds. The first kappa shape index (κ1) is 39.9. The highest BCUT2D eigenvalue weighted by molar-refractivity contribution is 6.11. The number of rotatable bonds is 8. The van der Waals surface area contributed by atoms with Crippen LogP contribution >= 0.6 is 0 Å². The van der Waals surface area contributed by atoms with Gasteiger partial charge in [-0.2, -0.15) is 0 Å². The van der Waals surface area contributed by atoms with E-state index in [2.05, 4.69) is 241 Å². The van der Waals surface area contributed by atoms with E-state index >= 15 is 0 Å². The van der Waals surface area contributed by atoms with E-state index in [0.717, 1.165) is 94.3 Å². The van der Waals surface area contributed by atoms with Crippen LogP contribution in [0.5, 0.6) is 0 Å². The molecule has 3 nitrogen and oxygen atoms in total. The maximum absolute atomic E-state index is 6.50. The quantitative estimate of drug-likeness (QED) is 0.152. The van der Waals surface area contributed by atoms with Crippen LogP contribution in [0.3, 0.4) is 0 Å². The van der Waals surface area contributed by atoms with E-state index in [1.165, 1.54) is 33.4 Å². The molecule has 3 heteroatoms. The summed E-state index contributed by atoms with van der Waals surface area (Å²) in [5, 5.41) is 4.51. The lowest BCUT2D eigenvalue weighted by atomic mass is 9.68. The molecule has 328 valence electrons. The Kier molecular flexibility index (Phi) is 9.11. The van der Waals surface area contributed by atoms with Crippen molar-refractivity contribution in [3.63, 3.8) is 0 Å². The summed E-state index contributed by atoms with van der Waals surface area (Å²) in [4.78, 5) is 2.39. The summed E-state index contributed by atoms with van der Waals surface area (Å²) in [5.74, 6) is 0. The lowest BCUT2D eigenvalue weighted by Crippen LogP contribution is -2.28. The minimum absolute atomic E-state index is 0.483. The van der Waals surface area contributed by atoms with Crippen molar-refractivity contribution in [2.24, 2.45) is 0 Å². The number of fused-ring (bicyclic) bond motifs is 9. The van der Waals surface area contributed by atoms with Crippen LogP contribution in [0.15, 0.2) is 270 Å². The zero-order valence-corrected chi connectivity index (χ0v) is 38.1. The van der Waals surface area contributed by atoms with E-state index in [9.17, 15) is 0 Å². The number of anilines is 3. The Morgan fingerprint density at radius 2 is 0.729 bits per heavy atom. The van der Waals surface area contributed by atoms with Gasteiger partial charge in [0, 0.05) is 49.7 Å². The summed E-state index contributed by atoms with van der Waals surface area (Å²) in [7, 11) is 0. The highest BCUT2D eigenvalue weighted by Crippen LogP contribution is 2.57. The SMILES string of the molecule is c1ccc(C2(c3ccccc3)c3ccccc3-c3cc(N(c4ccc(-c5cccc(-c6cccc7c6oc6ccccc67)c5)cc4)c4ccc(-c5cccc6c5oc5ccccc56)cc4)ccc32)cc1. The smallest absolute Gasteiger partial charge is 0.143 e. The van der Waals surface area contributed by atoms with Gasteiger partial charge in [0.1, 0.15) is 22.3 Å². The summed E-state index contributed by atoms with van der Waals surface area (Å²) in [6.07, 6.45) is 0. The highest BCUT2D eigenvalue weighted by Gasteiger charge is 2.46. The van der Waals surface area contributed by atoms with Gasteiger partial charge in [-0.05, 0) is 110 Å². The van der Waals surface area contributed by atoms with Crippen LogP contribution in [-0.4, -0.2) is 0 Å². The van der Waals surface area contributed by atoms with Gasteiger partial charge in [0.15, 0.2) is 0 Å². The second kappa shape index (κ2) is 16.0. The molecule has 0 fully saturated rings. The average Bonchev–Trinajstić information content (AvgIpc) is 4.11. The fraction of sp³-hybridized carbons (Fsp3) is 0.0149. The summed E-state index contributed by atoms with van der Waals surface area (Å²) in [6.45, 7) is 0. The molecule has 13 aromatic rings. The zero-order chi connectivity index (χ0) is 46.2. The zero-order valence-electron chi connectivity index (χ0n) is 38.1. The Morgan fingerprint density at radius 3 is 1.36 bits per heavy atom. The van der Waals surface area contributed by atoms with Crippen molar-refractivity contribution in [3.05, 3.63) is 283 Å². The molecule has 0 aliphatic heterocycles. The highest BCUT2D eigenvalue weighted by atomic mass is 16.3. The number of nitrogens with zero attached hydrogens (tertiary/aromatic N) is 1. The Balaban J connectivity index is 0.903. The molecule has 0 N–H and O–H groups in total. The molecule has 0 saturated heterocycles. The largest absolute Gasteiger partial charge is 0.455 e. The predicted molar refractivity (Wildman–Crippen MR) is 289 cm³/mol. The standard InChI is InChI=1S/C67H43NO2/c1-3-18-48(19-4-1)67(49-20-5-2-6-21-49)61-29-10-7-22-55(61)60-43-52(40-41-62(60)67)68(51-38-34-45(35-39-51)53-25-14-27-58-56-23-8-11-30-63(56)69-65(53)58)50-36-32-44(33-37-50)46-16-13-17-47(42-46)54-26-15-28-59-57-24-9-12-31-64(57)70-66(54)59/h1-43H. The molecular weight excluding hydrogens is 851 g/mol. The van der Waals surface area contributed by atoms with E-state index in [-0.39, 0.29) is 0 Å². The first-order valence-electron chi connectivity index (χ1n) is 24.0. The van der Waals surface area contributed by atoms with Crippen molar-refractivity contribution >= 4 is 60.9 Å². The fourth-order valence-corrected chi connectivity index (χ4v) is 11.4. The van der Waals surface area contributed by atoms with Gasteiger partial charge >= 0.3 is 0 Å². The Bertz CT molecular complexity index is 4070. The van der Waals surface area contributed by atoms with Crippen LogP contribution in [0, 0.1) is 0 Å². The summed E-state index contributed by atoms with van der Waals surface area (Å²) in [5.41, 5.74) is 20.5. The Labute approximate surface area is 405 Å². The lowest BCUT2D eigenvalue weighted by Gasteiger charge is -2.34. The third kappa shape index (κ3) is 6.15. The molecule has 1 aliphatic carbocycles. The van der Waals surface area contributed by atoms with Crippen molar-refractivity contribution in [3.8, 4) is 44.5 Å². The maximum Gasteiger partial charge on any atom is 0.143 e. The topological polar surface area (TPSA) is 29.5 Å². The molecule has 11 aromatic carbocycles. The minimum atomic E-state index is -0.483. The first-order valence-corrected chi connectivity index (χ1v) is 24.0. The van der Waals surface area contributed by atoms with Gasteiger partial charge in [0.05, 0.1) is 5.41 Å². The number of para-hydroxylation sites is 4. The van der Waals surface area contributed by atoms with Crippen molar-refractivity contribution in [1.82, 2.24) is 0 Å². The van der Waals surface area contributed by atoms with Gasteiger partial charge < -0.3 is 13.7 Å². The third-order valence-electron chi connectivity index (χ3n) is 14.6. The number of hydrogen-bond donors (Lipinski definition) is 0. The number of benzene rings is 11. The van der Waals surface area contributed by atoms with Gasteiger partial charge in [-0.15, -0.1) is 0 Å². The van der Waals surface area contributed by atoms with Crippen LogP contribution in [-0.2, 0) is 5.41 Å². The summed E-state index contributed by atoms with van der Waals surface area (Å²) in [6, 6.07) is 94.2. The molecule has 0 radical (unpaired) electrons. The second-order valence-corrected chi connectivity index (χ2v) is 18.3. The van der Waals surface area contributed by atoms with Gasteiger partial charge in [-0.25, -0.2) is 0 Å². The molecule has 2 heterocycles. The monoisotopic (exact) mass is 893 g/mol. The number of hydrogen-bond acceptors (Lipinski definition) is 3. The molecule has 2 aromatic heterocycles. The van der Waals surface area contributed by atoms with E-state index < -0.39 is 5.41 Å². The van der Waals surface area contributed by atoms with Crippen LogP contribution in [0.1, 0.15) is 22.3 Å². The molecular formula is C67H43NO2. The van der Waals surface area contributed by atoms with E-state index in [4.69, 9.17) is 8.83 Å². The summed E-state index contributed by atoms with van der Waals surface area (Å²) < 4.78 is 13.0. The molecule has 0 unspecified atom stereocenters. The van der Waals surface area contributed by atoms with Crippen LogP contribution < -0.4 is 4.90 Å². The van der Waals surface area contributed by atoms with Crippen molar-refractivity contribution < 1.29 is 8.83 Å². The van der Waals surface area contributed by atoms with Crippen LogP contribution in [0.25, 0.3) is 88.4 Å². The lowest BCUT2D eigenvalue weighted by molar-refractivity contribution is 0.669. The van der Waals surface area contributed by atoms with E-state index in [1.54, 1.807) is 0 Å². The van der Waals surface area contributed by atoms with Gasteiger partial charge in [0.2, 0.25) is 0 Å². The molecule has 0 spiro atoms. The Morgan fingerprint density at radius 1 is 0.271 bits per heavy atom. The first-order chi connectivity index (χ1) is 34.7. The second-order valence-electron chi connectivity index (χ2n) is 18.3. The van der Waals surface area contributed by atoms with Crippen LogP contribution in [0.2, 0.25) is 0 Å². The van der Waals surface area contributed by atoms with Crippen LogP contribution in [0.4, 0.5) is 17.1 Å². The van der Waals surface area contributed by atoms with Crippen molar-refractivity contribution in [2.75, 3.05) is 4.90 Å². The molecule has 0 bridgehead atoms. The third-order valence-corrected chi connectivity index (χ3v) is 14.6. The van der Waals surface area contributed by atoms with Crippen molar-refractivity contribution in [2.45, 2.75) is 5.41 Å². The molecule has 1 aliphatic rings. The van der Waals surface area contributed by atoms with Gasteiger partial charge in [-0.3, -0.25) is 0 Å². The fourth-order valence-electron chi connectivity index (χ4n) is 11.4. The van der Waals surface area contributed by atoms with Crippen molar-refractivity contribution in [1.29, 1.82) is 0 Å². The van der Waals surface area contributed by atoms with Gasteiger partial charge in [-0.1, -0.05) is 206 Å². The molecule has 70 heavy (non-hydrogen) atoms. The average molecular weight is 894 g/mol. The van der Waals surface area contributed by atoms with Gasteiger partial charge in [0.25, 0.3) is 0 Å². The Hall–Kier alpha value is -9.18. The molecule has 14 rings (SSSR count). The van der Waals surface area contributed by atoms with E-state index in [1.807, 2.05) is 24.3 Å². The molecule has 0 saturated carbocycles. The normalized spacial score (nSPS) is 12.7. The maximum atomic E-state index is 6.50.